The van der Waals surface area contributed by atoms with Crippen molar-refractivity contribution in [2.75, 3.05) is 5.43 Å². The topological polar surface area (TPSA) is 81.8 Å². The Balaban J connectivity index is 1.71. The number of carbonyl (C=O) groups is 1. The van der Waals surface area contributed by atoms with Gasteiger partial charge in [0.1, 0.15) is 16.3 Å². The van der Waals surface area contributed by atoms with Crippen LogP contribution in [-0.4, -0.2) is 25.3 Å². The number of halogens is 3. The maximum Gasteiger partial charge on any atom is 0.433 e. The maximum absolute atomic E-state index is 13.3. The molecule has 1 aliphatic carbocycles. The molecule has 1 atom stereocenters. The number of thiophene rings is 1. The molecule has 0 saturated heterocycles. The lowest BCUT2D eigenvalue weighted by Crippen LogP contribution is -2.36. The summed E-state index contributed by atoms with van der Waals surface area (Å²) in [4.78, 5) is 32.1. The van der Waals surface area contributed by atoms with Gasteiger partial charge in [-0.15, -0.1) is 11.3 Å². The SMILES string of the molecule is Cc1nc2sc3c(c2c(=O)n1NC(=O)c1cc(C(F)(F)F)n(C)n1)CCC(C(C)(C)C)C3. The molecule has 0 bridgehead atoms. The molecule has 0 saturated carbocycles. The van der Waals surface area contributed by atoms with Crippen molar-refractivity contribution in [2.45, 2.75) is 53.1 Å². The first-order chi connectivity index (χ1) is 14.8. The van der Waals surface area contributed by atoms with Crippen LogP contribution in [-0.2, 0) is 26.1 Å². The van der Waals surface area contributed by atoms with E-state index in [4.69, 9.17) is 0 Å². The second-order valence-corrected chi connectivity index (χ2v) is 10.4. The van der Waals surface area contributed by atoms with Gasteiger partial charge in [-0.25, -0.2) is 9.66 Å². The van der Waals surface area contributed by atoms with Crippen molar-refractivity contribution in [3.63, 3.8) is 0 Å². The summed E-state index contributed by atoms with van der Waals surface area (Å²) in [5.74, 6) is -0.175. The van der Waals surface area contributed by atoms with Crippen molar-refractivity contribution >= 4 is 27.5 Å². The van der Waals surface area contributed by atoms with Crippen LogP contribution in [0.3, 0.4) is 0 Å². The molecule has 3 aromatic heterocycles. The Morgan fingerprint density at radius 3 is 2.56 bits per heavy atom. The molecule has 1 aliphatic rings. The van der Waals surface area contributed by atoms with Crippen molar-refractivity contribution in [1.29, 1.82) is 0 Å². The van der Waals surface area contributed by atoms with Crippen LogP contribution in [0.1, 0.15) is 59.6 Å². The van der Waals surface area contributed by atoms with E-state index in [1.807, 2.05) is 0 Å². The van der Waals surface area contributed by atoms with Gasteiger partial charge < -0.3 is 0 Å². The Morgan fingerprint density at radius 1 is 1.28 bits per heavy atom. The molecule has 172 valence electrons. The number of carbonyl (C=O) groups excluding carboxylic acids is 1. The number of nitrogens with zero attached hydrogens (tertiary/aromatic N) is 4. The molecule has 0 aliphatic heterocycles. The van der Waals surface area contributed by atoms with E-state index in [9.17, 15) is 22.8 Å². The Bertz CT molecular complexity index is 1280. The predicted molar refractivity (Wildman–Crippen MR) is 115 cm³/mol. The number of amides is 1. The van der Waals surface area contributed by atoms with Gasteiger partial charge >= 0.3 is 6.18 Å². The van der Waals surface area contributed by atoms with E-state index in [1.165, 1.54) is 11.3 Å². The Kier molecular flexibility index (Phi) is 5.22. The van der Waals surface area contributed by atoms with E-state index >= 15 is 0 Å². The molecular weight excluding hydrogens is 443 g/mol. The summed E-state index contributed by atoms with van der Waals surface area (Å²) in [5.41, 5.74) is 1.57. The number of hydrogen-bond donors (Lipinski definition) is 1. The molecule has 11 heteroatoms. The third-order valence-electron chi connectivity index (χ3n) is 6.09. The van der Waals surface area contributed by atoms with Crippen LogP contribution in [0.2, 0.25) is 0 Å². The number of fused-ring (bicyclic) bond motifs is 3. The first-order valence-electron chi connectivity index (χ1n) is 10.2. The van der Waals surface area contributed by atoms with Crippen molar-refractivity contribution in [2.24, 2.45) is 18.4 Å². The third kappa shape index (κ3) is 3.82. The molecule has 1 unspecified atom stereocenters. The molecule has 0 aromatic carbocycles. The van der Waals surface area contributed by atoms with E-state index < -0.39 is 29.0 Å². The fraction of sp³-hybridized carbons (Fsp3) is 0.524. The van der Waals surface area contributed by atoms with E-state index in [-0.39, 0.29) is 11.2 Å². The van der Waals surface area contributed by atoms with Gasteiger partial charge in [0, 0.05) is 18.0 Å². The second kappa shape index (κ2) is 7.43. The van der Waals surface area contributed by atoms with Gasteiger partial charge in [-0.3, -0.25) is 19.7 Å². The quantitative estimate of drug-likeness (QED) is 0.617. The number of rotatable bonds is 2. The highest BCUT2D eigenvalue weighted by Gasteiger charge is 2.36. The van der Waals surface area contributed by atoms with Gasteiger partial charge in [-0.2, -0.15) is 18.3 Å². The van der Waals surface area contributed by atoms with Crippen LogP contribution in [0.4, 0.5) is 13.2 Å². The molecule has 0 spiro atoms. The summed E-state index contributed by atoms with van der Waals surface area (Å²) >= 11 is 1.50. The standard InChI is InChI=1S/C21H24F3N5O2S/c1-10-25-18-16(12-7-6-11(20(2,3)4)8-14(12)32-18)19(31)29(10)27-17(30)13-9-15(21(22,23)24)28(5)26-13/h9,11H,6-8H2,1-5H3,(H,27,30). The van der Waals surface area contributed by atoms with Gasteiger partial charge in [0.05, 0.1) is 5.39 Å². The van der Waals surface area contributed by atoms with Gasteiger partial charge in [0.25, 0.3) is 11.5 Å². The molecule has 3 heterocycles. The molecule has 1 amide bonds. The monoisotopic (exact) mass is 467 g/mol. The van der Waals surface area contributed by atoms with Crippen molar-refractivity contribution < 1.29 is 18.0 Å². The van der Waals surface area contributed by atoms with Crippen LogP contribution in [0.25, 0.3) is 10.2 Å². The number of aryl methyl sites for hydroxylation is 3. The molecule has 7 nitrogen and oxygen atoms in total. The van der Waals surface area contributed by atoms with Gasteiger partial charge in [0.15, 0.2) is 5.69 Å². The molecule has 32 heavy (non-hydrogen) atoms. The lowest BCUT2D eigenvalue weighted by molar-refractivity contribution is -0.143. The Morgan fingerprint density at radius 2 is 1.97 bits per heavy atom. The smallest absolute Gasteiger partial charge is 0.267 e. The molecule has 4 rings (SSSR count). The first-order valence-corrected chi connectivity index (χ1v) is 11.1. The van der Waals surface area contributed by atoms with Crippen LogP contribution >= 0.6 is 11.3 Å². The summed E-state index contributed by atoms with van der Waals surface area (Å²) in [6, 6.07) is 0.654. The van der Waals surface area contributed by atoms with E-state index in [0.717, 1.165) is 41.4 Å². The number of alkyl halides is 3. The molecular formula is C21H24F3N5O2S. The zero-order valence-corrected chi connectivity index (χ0v) is 19.2. The minimum Gasteiger partial charge on any atom is -0.267 e. The van der Waals surface area contributed by atoms with Gasteiger partial charge in [-0.05, 0) is 43.1 Å². The van der Waals surface area contributed by atoms with Gasteiger partial charge in [0.2, 0.25) is 0 Å². The third-order valence-corrected chi connectivity index (χ3v) is 7.24. The van der Waals surface area contributed by atoms with Crippen LogP contribution < -0.4 is 11.0 Å². The average Bonchev–Trinajstić information content (AvgIpc) is 3.23. The first kappa shape index (κ1) is 22.5. The van der Waals surface area contributed by atoms with Crippen LogP contribution in [0.15, 0.2) is 10.9 Å². The lowest BCUT2D eigenvalue weighted by Gasteiger charge is -2.33. The highest BCUT2D eigenvalue weighted by molar-refractivity contribution is 7.18. The van der Waals surface area contributed by atoms with E-state index in [0.29, 0.717) is 26.9 Å². The minimum absolute atomic E-state index is 0.156. The van der Waals surface area contributed by atoms with Crippen LogP contribution in [0, 0.1) is 18.3 Å². The summed E-state index contributed by atoms with van der Waals surface area (Å²) in [6.07, 6.45) is -2.07. The second-order valence-electron chi connectivity index (χ2n) is 9.27. The fourth-order valence-electron chi connectivity index (χ4n) is 4.20. The Labute approximate surface area is 186 Å². The molecule has 1 N–H and O–H groups in total. The largest absolute Gasteiger partial charge is 0.433 e. The van der Waals surface area contributed by atoms with Gasteiger partial charge in [-0.1, -0.05) is 20.8 Å². The van der Waals surface area contributed by atoms with Crippen LogP contribution in [0.5, 0.6) is 0 Å². The van der Waals surface area contributed by atoms with Crippen molar-refractivity contribution in [3.8, 4) is 0 Å². The van der Waals surface area contributed by atoms with E-state index in [1.54, 1.807) is 6.92 Å². The van der Waals surface area contributed by atoms with Crippen molar-refractivity contribution in [3.05, 3.63) is 44.1 Å². The highest BCUT2D eigenvalue weighted by atomic mass is 32.1. The number of aromatic nitrogens is 4. The highest BCUT2D eigenvalue weighted by Crippen LogP contribution is 2.42. The average molecular weight is 468 g/mol. The lowest BCUT2D eigenvalue weighted by atomic mass is 9.72. The maximum atomic E-state index is 13.3. The van der Waals surface area contributed by atoms with Crippen molar-refractivity contribution in [1.82, 2.24) is 19.4 Å². The summed E-state index contributed by atoms with van der Waals surface area (Å²) in [6.45, 7) is 8.20. The predicted octanol–water partition coefficient (Wildman–Crippen LogP) is 4.05. The minimum atomic E-state index is -4.64. The molecule has 0 fully saturated rings. The summed E-state index contributed by atoms with van der Waals surface area (Å²) in [5, 5.41) is 4.11. The number of hydrogen-bond acceptors (Lipinski definition) is 5. The summed E-state index contributed by atoms with van der Waals surface area (Å²) < 4.78 is 40.7. The zero-order valence-electron chi connectivity index (χ0n) is 18.4. The zero-order chi connectivity index (χ0) is 23.6. The summed E-state index contributed by atoms with van der Waals surface area (Å²) in [7, 11) is 1.10. The van der Waals surface area contributed by atoms with E-state index in [2.05, 4.69) is 36.3 Å². The molecule has 3 aromatic rings. The Hall–Kier alpha value is -2.69. The molecule has 0 radical (unpaired) electrons. The normalized spacial score (nSPS) is 16.9. The number of nitrogens with one attached hydrogen (secondary N) is 1. The fourth-order valence-corrected chi connectivity index (χ4v) is 5.54.